The molecule has 5 heteroatoms. The zero-order valence-corrected chi connectivity index (χ0v) is 11.5. The second-order valence-electron chi connectivity index (χ2n) is 4.36. The van der Waals surface area contributed by atoms with E-state index in [2.05, 4.69) is 4.98 Å². The van der Waals surface area contributed by atoms with Crippen LogP contribution in [0.5, 0.6) is 0 Å². The predicted molar refractivity (Wildman–Crippen MR) is 78.3 cm³/mol. The minimum atomic E-state index is -0.659. The van der Waals surface area contributed by atoms with Gasteiger partial charge in [0.15, 0.2) is 6.10 Å². The van der Waals surface area contributed by atoms with Gasteiger partial charge in [-0.15, -0.1) is 0 Å². The molecule has 5 nitrogen and oxygen atoms in total. The molecular weight excluding hydrogens is 254 g/mol. The van der Waals surface area contributed by atoms with Gasteiger partial charge in [0.2, 0.25) is 0 Å². The number of methoxy groups -OCH3 is 1. The van der Waals surface area contributed by atoms with Crippen LogP contribution in [0.15, 0.2) is 48.8 Å². The number of ether oxygens (including phenoxy) is 1. The zero-order valence-electron chi connectivity index (χ0n) is 11.5. The molecule has 0 spiro atoms. The summed E-state index contributed by atoms with van der Waals surface area (Å²) < 4.78 is 5.33. The Balaban J connectivity index is 2.28. The molecule has 1 aromatic heterocycles. The summed E-state index contributed by atoms with van der Waals surface area (Å²) in [4.78, 5) is 18.0. The molecular formula is C15H17N3O2. The fourth-order valence-electron chi connectivity index (χ4n) is 2.01. The third-order valence-corrected chi connectivity index (χ3v) is 3.08. The molecule has 0 radical (unpaired) electrons. The lowest BCUT2D eigenvalue weighted by molar-refractivity contribution is -0.128. The van der Waals surface area contributed by atoms with Gasteiger partial charge in [-0.25, -0.2) is 0 Å². The highest BCUT2D eigenvalue weighted by Gasteiger charge is 2.25. The Labute approximate surface area is 118 Å². The molecule has 0 bridgehead atoms. The van der Waals surface area contributed by atoms with Crippen molar-refractivity contribution in [3.63, 3.8) is 0 Å². The van der Waals surface area contributed by atoms with Crippen LogP contribution in [0, 0.1) is 0 Å². The monoisotopic (exact) mass is 271 g/mol. The Morgan fingerprint density at radius 1 is 1.30 bits per heavy atom. The molecule has 1 heterocycles. The fourth-order valence-corrected chi connectivity index (χ4v) is 2.01. The predicted octanol–water partition coefficient (Wildman–Crippen LogP) is 2.01. The Morgan fingerprint density at radius 3 is 2.60 bits per heavy atom. The number of nitrogens with two attached hydrogens (primary N) is 1. The van der Waals surface area contributed by atoms with E-state index >= 15 is 0 Å². The highest BCUT2D eigenvalue weighted by Crippen LogP contribution is 2.25. The number of anilines is 2. The molecule has 0 aliphatic carbocycles. The van der Waals surface area contributed by atoms with Crippen LogP contribution in [-0.2, 0) is 9.53 Å². The first kappa shape index (κ1) is 14.0. The Bertz CT molecular complexity index is 587. The number of carbonyl (C=O) groups is 1. The summed E-state index contributed by atoms with van der Waals surface area (Å²) in [6, 6.07) is 11.0. The summed E-state index contributed by atoms with van der Waals surface area (Å²) in [6.07, 6.45) is 2.46. The van der Waals surface area contributed by atoms with Gasteiger partial charge >= 0.3 is 0 Å². The highest BCUT2D eigenvalue weighted by molar-refractivity contribution is 5.98. The number of nitrogen functional groups attached to an aromatic ring is 1. The van der Waals surface area contributed by atoms with E-state index < -0.39 is 6.10 Å². The number of aromatic nitrogens is 1. The number of pyridine rings is 1. The largest absolute Gasteiger partial charge is 0.396 e. The Morgan fingerprint density at radius 2 is 2.00 bits per heavy atom. The van der Waals surface area contributed by atoms with Gasteiger partial charge in [0.1, 0.15) is 0 Å². The molecule has 2 N–H and O–H groups in total. The van der Waals surface area contributed by atoms with Crippen molar-refractivity contribution in [2.45, 2.75) is 6.10 Å². The van der Waals surface area contributed by atoms with Crippen molar-refractivity contribution in [2.75, 3.05) is 24.8 Å². The van der Waals surface area contributed by atoms with Gasteiger partial charge in [0.05, 0.1) is 17.6 Å². The summed E-state index contributed by atoms with van der Waals surface area (Å²) in [5, 5.41) is 0. The van der Waals surface area contributed by atoms with Crippen LogP contribution in [0.3, 0.4) is 0 Å². The van der Waals surface area contributed by atoms with Crippen molar-refractivity contribution in [1.29, 1.82) is 0 Å². The van der Waals surface area contributed by atoms with Crippen molar-refractivity contribution >= 4 is 17.3 Å². The van der Waals surface area contributed by atoms with Gasteiger partial charge < -0.3 is 15.4 Å². The number of amides is 1. The summed E-state index contributed by atoms with van der Waals surface area (Å²) in [5.74, 6) is -0.184. The average molecular weight is 271 g/mol. The smallest absolute Gasteiger partial charge is 0.260 e. The van der Waals surface area contributed by atoms with Crippen LogP contribution >= 0.6 is 0 Å². The molecule has 0 fully saturated rings. The molecule has 1 unspecified atom stereocenters. The van der Waals surface area contributed by atoms with E-state index in [9.17, 15) is 4.79 Å². The zero-order chi connectivity index (χ0) is 14.5. The molecule has 0 saturated heterocycles. The summed E-state index contributed by atoms with van der Waals surface area (Å²) in [5.41, 5.74) is 7.71. The first-order chi connectivity index (χ1) is 9.65. The fraction of sp³-hybridized carbons (Fsp3) is 0.200. The molecule has 1 amide bonds. The van der Waals surface area contributed by atoms with Gasteiger partial charge in [0.25, 0.3) is 5.91 Å². The molecule has 1 aromatic carbocycles. The van der Waals surface area contributed by atoms with Gasteiger partial charge in [-0.05, 0) is 11.6 Å². The Kier molecular flexibility index (Phi) is 4.32. The van der Waals surface area contributed by atoms with Gasteiger partial charge in [-0.2, -0.15) is 0 Å². The van der Waals surface area contributed by atoms with Crippen LogP contribution in [0.1, 0.15) is 11.7 Å². The van der Waals surface area contributed by atoms with E-state index in [0.717, 1.165) is 5.56 Å². The van der Waals surface area contributed by atoms with Gasteiger partial charge in [0, 0.05) is 20.4 Å². The summed E-state index contributed by atoms with van der Waals surface area (Å²) in [7, 11) is 3.18. The van der Waals surface area contributed by atoms with Crippen molar-refractivity contribution < 1.29 is 9.53 Å². The third-order valence-electron chi connectivity index (χ3n) is 3.08. The number of carbonyl (C=O) groups excluding carboxylic acids is 1. The molecule has 104 valence electrons. The van der Waals surface area contributed by atoms with E-state index in [-0.39, 0.29) is 5.91 Å². The molecule has 1 atom stereocenters. The lowest BCUT2D eigenvalue weighted by atomic mass is 10.1. The number of nitrogens with zero attached hydrogens (tertiary/aromatic N) is 2. The number of hydrogen-bond donors (Lipinski definition) is 1. The van der Waals surface area contributed by atoms with Crippen molar-refractivity contribution in [1.82, 2.24) is 4.98 Å². The van der Waals surface area contributed by atoms with E-state index in [4.69, 9.17) is 10.5 Å². The summed E-state index contributed by atoms with van der Waals surface area (Å²) >= 11 is 0. The molecule has 20 heavy (non-hydrogen) atoms. The maximum Gasteiger partial charge on any atom is 0.260 e. The number of hydrogen-bond acceptors (Lipinski definition) is 4. The van der Waals surface area contributed by atoms with E-state index in [1.807, 2.05) is 30.3 Å². The number of likely N-dealkylation sites (N-methyl/N-ethyl adjacent to an activating group) is 1. The SMILES string of the molecule is COC(C(=O)N(C)c1ccncc1N)c1ccccc1. The molecule has 0 aliphatic heterocycles. The van der Waals surface area contributed by atoms with Crippen LogP contribution in [-0.4, -0.2) is 25.0 Å². The van der Waals surface area contributed by atoms with Crippen molar-refractivity contribution in [3.05, 3.63) is 54.4 Å². The molecule has 2 rings (SSSR count). The Hall–Kier alpha value is -2.40. The van der Waals surface area contributed by atoms with Gasteiger partial charge in [-0.3, -0.25) is 9.78 Å². The minimum absolute atomic E-state index is 0.184. The van der Waals surface area contributed by atoms with Crippen LogP contribution in [0.25, 0.3) is 0 Å². The standard InChI is InChI=1S/C15H17N3O2/c1-18(13-8-9-17-10-12(13)16)15(19)14(20-2)11-6-4-3-5-7-11/h3-10,14H,16H2,1-2H3. The van der Waals surface area contributed by atoms with Crippen molar-refractivity contribution in [2.24, 2.45) is 0 Å². The average Bonchev–Trinajstić information content (AvgIpc) is 2.49. The minimum Gasteiger partial charge on any atom is -0.396 e. The first-order valence-corrected chi connectivity index (χ1v) is 6.20. The van der Waals surface area contributed by atoms with Crippen LogP contribution < -0.4 is 10.6 Å². The lowest BCUT2D eigenvalue weighted by Gasteiger charge is -2.24. The summed E-state index contributed by atoms with van der Waals surface area (Å²) in [6.45, 7) is 0. The molecule has 2 aromatic rings. The number of rotatable bonds is 4. The quantitative estimate of drug-likeness (QED) is 0.923. The van der Waals surface area contributed by atoms with E-state index in [1.165, 1.54) is 18.2 Å². The second-order valence-corrected chi connectivity index (χ2v) is 4.36. The van der Waals surface area contributed by atoms with Crippen LogP contribution in [0.4, 0.5) is 11.4 Å². The normalized spacial score (nSPS) is 11.9. The molecule has 0 aliphatic rings. The van der Waals surface area contributed by atoms with E-state index in [0.29, 0.717) is 11.4 Å². The second kappa shape index (κ2) is 6.16. The number of benzene rings is 1. The maximum atomic E-state index is 12.6. The maximum absolute atomic E-state index is 12.6. The lowest BCUT2D eigenvalue weighted by Crippen LogP contribution is -2.33. The highest BCUT2D eigenvalue weighted by atomic mass is 16.5. The van der Waals surface area contributed by atoms with Crippen LogP contribution in [0.2, 0.25) is 0 Å². The van der Waals surface area contributed by atoms with E-state index in [1.54, 1.807) is 19.3 Å². The molecule has 0 saturated carbocycles. The van der Waals surface area contributed by atoms with Crippen molar-refractivity contribution in [3.8, 4) is 0 Å². The first-order valence-electron chi connectivity index (χ1n) is 6.20. The third kappa shape index (κ3) is 2.78. The topological polar surface area (TPSA) is 68.5 Å². The van der Waals surface area contributed by atoms with Gasteiger partial charge in [-0.1, -0.05) is 30.3 Å².